The molecule has 0 aliphatic carbocycles. The van der Waals surface area contributed by atoms with Crippen LogP contribution in [0.5, 0.6) is 11.5 Å². The number of amides is 2. The molecule has 2 heterocycles. The zero-order valence-electron chi connectivity index (χ0n) is 14.1. The van der Waals surface area contributed by atoms with E-state index in [0.717, 1.165) is 23.2 Å². The van der Waals surface area contributed by atoms with Crippen molar-refractivity contribution < 1.29 is 19.1 Å². The highest BCUT2D eigenvalue weighted by Gasteiger charge is 2.34. The fraction of sp³-hybridized carbons (Fsp3) is 0.263. The number of hydrogen-bond acceptors (Lipinski definition) is 4. The summed E-state index contributed by atoms with van der Waals surface area (Å²) in [7, 11) is 3.11. The van der Waals surface area contributed by atoms with E-state index in [1.165, 1.54) is 0 Å². The van der Waals surface area contributed by atoms with Crippen molar-refractivity contribution in [3.63, 3.8) is 0 Å². The van der Waals surface area contributed by atoms with E-state index in [9.17, 15) is 9.59 Å². The van der Waals surface area contributed by atoms with Gasteiger partial charge in [-0.05, 0) is 41.8 Å². The Bertz CT molecular complexity index is 891. The first-order valence-corrected chi connectivity index (χ1v) is 8.10. The monoisotopic (exact) mass is 338 g/mol. The fourth-order valence-electron chi connectivity index (χ4n) is 3.53. The molecule has 1 N–H and O–H groups in total. The van der Waals surface area contributed by atoms with Crippen molar-refractivity contribution in [2.24, 2.45) is 0 Å². The maximum atomic E-state index is 12.6. The van der Waals surface area contributed by atoms with Gasteiger partial charge >= 0.3 is 0 Å². The predicted octanol–water partition coefficient (Wildman–Crippen LogP) is 2.40. The molecule has 0 spiro atoms. The Labute approximate surface area is 145 Å². The second kappa shape index (κ2) is 5.81. The normalized spacial score (nSPS) is 14.5. The molecule has 0 saturated heterocycles. The lowest BCUT2D eigenvalue weighted by Crippen LogP contribution is -2.24. The summed E-state index contributed by atoms with van der Waals surface area (Å²) in [5, 5.41) is 2.88. The van der Waals surface area contributed by atoms with Gasteiger partial charge in [0.1, 0.15) is 0 Å². The average Bonchev–Trinajstić information content (AvgIpc) is 3.19. The average molecular weight is 338 g/mol. The molecule has 0 atom stereocenters. The number of nitrogens with one attached hydrogen (secondary N) is 1. The third kappa shape index (κ3) is 2.50. The van der Waals surface area contributed by atoms with Crippen molar-refractivity contribution in [1.29, 1.82) is 0 Å². The highest BCUT2D eigenvalue weighted by molar-refractivity contribution is 6.08. The highest BCUT2D eigenvalue weighted by atomic mass is 16.5. The molecular formula is C19H18N2O4. The Balaban J connectivity index is 1.61. The van der Waals surface area contributed by atoms with Crippen LogP contribution >= 0.6 is 0 Å². The number of hydrogen-bond donors (Lipinski definition) is 1. The number of carbonyl (C=O) groups is 2. The molecule has 2 aromatic rings. The smallest absolute Gasteiger partial charge is 0.255 e. The second-order valence-electron chi connectivity index (χ2n) is 6.14. The molecule has 6 nitrogen and oxygen atoms in total. The summed E-state index contributed by atoms with van der Waals surface area (Å²) < 4.78 is 10.5. The minimum atomic E-state index is -0.205. The van der Waals surface area contributed by atoms with Gasteiger partial charge in [-0.25, -0.2) is 0 Å². The van der Waals surface area contributed by atoms with Crippen molar-refractivity contribution >= 4 is 23.2 Å². The minimum absolute atomic E-state index is 0.117. The van der Waals surface area contributed by atoms with Gasteiger partial charge in [0.25, 0.3) is 5.91 Å². The molecule has 0 unspecified atom stereocenters. The van der Waals surface area contributed by atoms with Gasteiger partial charge in [-0.1, -0.05) is 0 Å². The van der Waals surface area contributed by atoms with Gasteiger partial charge in [-0.15, -0.1) is 0 Å². The van der Waals surface area contributed by atoms with E-state index in [-0.39, 0.29) is 11.8 Å². The molecule has 2 amide bonds. The van der Waals surface area contributed by atoms with E-state index in [1.807, 2.05) is 17.0 Å². The van der Waals surface area contributed by atoms with E-state index in [4.69, 9.17) is 9.47 Å². The first-order valence-electron chi connectivity index (χ1n) is 8.10. The van der Waals surface area contributed by atoms with E-state index >= 15 is 0 Å². The van der Waals surface area contributed by atoms with Crippen molar-refractivity contribution in [2.45, 2.75) is 12.8 Å². The van der Waals surface area contributed by atoms with Gasteiger partial charge in [0.15, 0.2) is 11.5 Å². The van der Waals surface area contributed by atoms with Crippen LogP contribution in [0.3, 0.4) is 0 Å². The van der Waals surface area contributed by atoms with Crippen LogP contribution in [0.15, 0.2) is 30.3 Å². The molecule has 0 fully saturated rings. The summed E-state index contributed by atoms with van der Waals surface area (Å²) in [5.74, 6) is 1.06. The van der Waals surface area contributed by atoms with Gasteiger partial charge in [-0.2, -0.15) is 0 Å². The Morgan fingerprint density at radius 3 is 2.60 bits per heavy atom. The number of nitrogens with zero attached hydrogens (tertiary/aromatic N) is 1. The van der Waals surface area contributed by atoms with Gasteiger partial charge in [0, 0.05) is 23.9 Å². The number of anilines is 2. The molecule has 0 radical (unpaired) electrons. The van der Waals surface area contributed by atoms with E-state index in [1.54, 1.807) is 32.4 Å². The van der Waals surface area contributed by atoms with Gasteiger partial charge < -0.3 is 19.7 Å². The molecular weight excluding hydrogens is 320 g/mol. The van der Waals surface area contributed by atoms with E-state index < -0.39 is 0 Å². The Morgan fingerprint density at radius 2 is 1.84 bits per heavy atom. The lowest BCUT2D eigenvalue weighted by molar-refractivity contribution is -0.117. The van der Waals surface area contributed by atoms with Crippen molar-refractivity contribution in [3.8, 4) is 11.5 Å². The zero-order chi connectivity index (χ0) is 17.6. The van der Waals surface area contributed by atoms with Crippen LogP contribution in [-0.4, -0.2) is 32.6 Å². The van der Waals surface area contributed by atoms with E-state index in [2.05, 4.69) is 5.32 Å². The molecule has 0 bridgehead atoms. The van der Waals surface area contributed by atoms with Crippen molar-refractivity contribution in [3.05, 3.63) is 47.0 Å². The molecule has 0 saturated carbocycles. The van der Waals surface area contributed by atoms with Crippen LogP contribution < -0.4 is 19.7 Å². The van der Waals surface area contributed by atoms with Crippen LogP contribution in [0.1, 0.15) is 21.5 Å². The summed E-state index contributed by atoms with van der Waals surface area (Å²) in [6.07, 6.45) is 1.17. The highest BCUT2D eigenvalue weighted by Crippen LogP contribution is 2.38. The summed E-state index contributed by atoms with van der Waals surface area (Å²) >= 11 is 0. The molecule has 0 aromatic heterocycles. The number of methoxy groups -OCH3 is 2. The van der Waals surface area contributed by atoms with Crippen LogP contribution in [0.2, 0.25) is 0 Å². The lowest BCUT2D eigenvalue weighted by Gasteiger charge is -2.12. The lowest BCUT2D eigenvalue weighted by atomic mass is 10.0. The third-order valence-electron chi connectivity index (χ3n) is 4.69. The van der Waals surface area contributed by atoms with E-state index in [0.29, 0.717) is 35.7 Å². The SMILES string of the molecule is COc1ccc(NC(=O)c2cc3c4c(c2)CC(=O)N4CC3)cc1OC. The fourth-order valence-corrected chi connectivity index (χ4v) is 3.53. The van der Waals surface area contributed by atoms with Crippen molar-refractivity contribution in [1.82, 2.24) is 0 Å². The standard InChI is InChI=1S/C19H18N2O4/c1-24-15-4-3-14(10-16(15)25-2)20-19(23)13-7-11-5-6-21-17(22)9-12(8-13)18(11)21/h3-4,7-8,10H,5-6,9H2,1-2H3,(H,20,23). The van der Waals surface area contributed by atoms with Crippen LogP contribution in [-0.2, 0) is 17.6 Å². The van der Waals surface area contributed by atoms with Crippen LogP contribution in [0, 0.1) is 0 Å². The molecule has 2 aliphatic rings. The first kappa shape index (κ1) is 15.5. The van der Waals surface area contributed by atoms with Crippen LogP contribution in [0.4, 0.5) is 11.4 Å². The largest absolute Gasteiger partial charge is 0.493 e. The summed E-state index contributed by atoms with van der Waals surface area (Å²) in [4.78, 5) is 26.5. The summed E-state index contributed by atoms with van der Waals surface area (Å²) in [5.41, 5.74) is 4.21. The molecule has 2 aliphatic heterocycles. The van der Waals surface area contributed by atoms with Gasteiger partial charge in [0.2, 0.25) is 5.91 Å². The number of carbonyl (C=O) groups excluding carboxylic acids is 2. The van der Waals surface area contributed by atoms with Gasteiger partial charge in [-0.3, -0.25) is 9.59 Å². The molecule has 6 heteroatoms. The topological polar surface area (TPSA) is 67.9 Å². The molecule has 25 heavy (non-hydrogen) atoms. The number of ether oxygens (including phenoxy) is 2. The number of benzene rings is 2. The zero-order valence-corrected chi connectivity index (χ0v) is 14.1. The Morgan fingerprint density at radius 1 is 1.08 bits per heavy atom. The number of rotatable bonds is 4. The minimum Gasteiger partial charge on any atom is -0.493 e. The first-order chi connectivity index (χ1) is 12.1. The molecule has 2 aromatic carbocycles. The van der Waals surface area contributed by atoms with Crippen LogP contribution in [0.25, 0.3) is 0 Å². The predicted molar refractivity (Wildman–Crippen MR) is 93.7 cm³/mol. The third-order valence-corrected chi connectivity index (χ3v) is 4.69. The molecule has 4 rings (SSSR count). The maximum Gasteiger partial charge on any atom is 0.255 e. The van der Waals surface area contributed by atoms with Crippen molar-refractivity contribution in [2.75, 3.05) is 31.0 Å². The Hall–Kier alpha value is -3.02. The summed E-state index contributed by atoms with van der Waals surface area (Å²) in [6, 6.07) is 8.92. The summed E-state index contributed by atoms with van der Waals surface area (Å²) in [6.45, 7) is 0.710. The van der Waals surface area contributed by atoms with Gasteiger partial charge in [0.05, 0.1) is 26.3 Å². The maximum absolute atomic E-state index is 12.6. The Kier molecular flexibility index (Phi) is 3.60. The quantitative estimate of drug-likeness (QED) is 0.929. The second-order valence-corrected chi connectivity index (χ2v) is 6.14. The molecule has 128 valence electrons.